The molecule has 1 aromatic carbocycles. The number of methoxy groups -OCH3 is 1. The number of ether oxygens (including phenoxy) is 1. The highest BCUT2D eigenvalue weighted by Gasteiger charge is 2.23. The Hall–Kier alpha value is -2.37. The normalized spacial score (nSPS) is 13.3. The lowest BCUT2D eigenvalue weighted by molar-refractivity contribution is 0.379. The second-order valence-electron chi connectivity index (χ2n) is 4.23. The molecular weight excluding hydrogens is 242 g/mol. The molecule has 1 aliphatic rings. The second kappa shape index (κ2) is 4.72. The summed E-state index contributed by atoms with van der Waals surface area (Å²) in [7, 11) is 3.33. The number of nitrogens with zero attached hydrogens (tertiary/aromatic N) is 4. The lowest BCUT2D eigenvalue weighted by Crippen LogP contribution is -2.18. The molecule has 0 unspecified atom stereocenters. The Bertz CT molecular complexity index is 579. The van der Waals surface area contributed by atoms with Crippen LogP contribution in [0.15, 0.2) is 24.3 Å². The van der Waals surface area contributed by atoms with Gasteiger partial charge in [0.05, 0.1) is 7.11 Å². The van der Waals surface area contributed by atoms with Crippen LogP contribution in [0.25, 0.3) is 0 Å². The van der Waals surface area contributed by atoms with E-state index in [2.05, 4.69) is 43.4 Å². The first kappa shape index (κ1) is 11.7. The van der Waals surface area contributed by atoms with E-state index in [1.807, 2.05) is 6.07 Å². The van der Waals surface area contributed by atoms with Crippen molar-refractivity contribution in [3.8, 4) is 6.01 Å². The number of hydrogen-bond donors (Lipinski definition) is 1. The van der Waals surface area contributed by atoms with Crippen molar-refractivity contribution in [2.75, 3.05) is 30.9 Å². The molecule has 2 heterocycles. The molecule has 1 aliphatic heterocycles. The Labute approximate surface area is 111 Å². The summed E-state index contributed by atoms with van der Waals surface area (Å²) in [5.74, 6) is 1.12. The molecule has 0 radical (unpaired) electrons. The smallest absolute Gasteiger partial charge is 0.322 e. The predicted octanol–water partition coefficient (Wildman–Crippen LogP) is 1.62. The van der Waals surface area contributed by atoms with Crippen LogP contribution in [0.1, 0.15) is 5.56 Å². The fourth-order valence-electron chi connectivity index (χ4n) is 2.22. The summed E-state index contributed by atoms with van der Waals surface area (Å²) in [5.41, 5.74) is 2.46. The summed E-state index contributed by atoms with van der Waals surface area (Å²) in [6.45, 7) is 0.871. The van der Waals surface area contributed by atoms with Gasteiger partial charge in [-0.05, 0) is 18.1 Å². The van der Waals surface area contributed by atoms with Gasteiger partial charge in [-0.2, -0.15) is 15.0 Å². The lowest BCUT2D eigenvalue weighted by Gasteiger charge is -2.17. The topological polar surface area (TPSA) is 63.2 Å². The van der Waals surface area contributed by atoms with Gasteiger partial charge in [-0.25, -0.2) is 0 Å². The minimum Gasteiger partial charge on any atom is -0.467 e. The maximum absolute atomic E-state index is 5.12. The van der Waals surface area contributed by atoms with Crippen molar-refractivity contribution in [3.05, 3.63) is 29.8 Å². The third kappa shape index (κ3) is 2.05. The highest BCUT2D eigenvalue weighted by molar-refractivity contribution is 5.66. The van der Waals surface area contributed by atoms with Crippen LogP contribution >= 0.6 is 0 Å². The van der Waals surface area contributed by atoms with Crippen LogP contribution in [0.3, 0.4) is 0 Å². The minimum atomic E-state index is 0.318. The average molecular weight is 257 g/mol. The maximum atomic E-state index is 5.12. The lowest BCUT2D eigenvalue weighted by atomic mass is 10.2. The van der Waals surface area contributed by atoms with Gasteiger partial charge in [0.1, 0.15) is 0 Å². The van der Waals surface area contributed by atoms with Crippen molar-refractivity contribution in [2.24, 2.45) is 0 Å². The molecule has 0 saturated heterocycles. The van der Waals surface area contributed by atoms with Gasteiger partial charge in [-0.1, -0.05) is 18.2 Å². The van der Waals surface area contributed by atoms with Crippen LogP contribution in [0, 0.1) is 0 Å². The van der Waals surface area contributed by atoms with Crippen LogP contribution in [0.4, 0.5) is 17.6 Å². The summed E-state index contributed by atoms with van der Waals surface area (Å²) in [4.78, 5) is 14.9. The fourth-order valence-corrected chi connectivity index (χ4v) is 2.22. The number of rotatable bonds is 3. The van der Waals surface area contributed by atoms with E-state index in [9.17, 15) is 0 Å². The zero-order valence-electron chi connectivity index (χ0n) is 10.9. The molecule has 98 valence electrons. The van der Waals surface area contributed by atoms with Crippen LogP contribution < -0.4 is 15.0 Å². The Morgan fingerprint density at radius 3 is 2.84 bits per heavy atom. The average Bonchev–Trinajstić information content (AvgIpc) is 2.90. The number of nitrogens with one attached hydrogen (secondary N) is 1. The molecule has 3 rings (SSSR count). The first-order chi connectivity index (χ1) is 9.31. The van der Waals surface area contributed by atoms with Crippen molar-refractivity contribution in [1.29, 1.82) is 0 Å². The molecule has 0 amide bonds. The molecule has 6 nitrogen and oxygen atoms in total. The third-order valence-electron chi connectivity index (χ3n) is 3.14. The highest BCUT2D eigenvalue weighted by Crippen LogP contribution is 2.32. The maximum Gasteiger partial charge on any atom is 0.322 e. The Kier molecular flexibility index (Phi) is 2.91. The van der Waals surface area contributed by atoms with Crippen LogP contribution in [0.2, 0.25) is 0 Å². The van der Waals surface area contributed by atoms with E-state index < -0.39 is 0 Å². The molecule has 0 aliphatic carbocycles. The van der Waals surface area contributed by atoms with E-state index in [1.165, 1.54) is 5.56 Å². The Morgan fingerprint density at radius 1 is 1.21 bits per heavy atom. The fraction of sp³-hybridized carbons (Fsp3) is 0.308. The molecule has 2 aromatic rings. The molecule has 6 heteroatoms. The van der Waals surface area contributed by atoms with Crippen molar-refractivity contribution < 1.29 is 4.74 Å². The van der Waals surface area contributed by atoms with Gasteiger partial charge < -0.3 is 15.0 Å². The largest absolute Gasteiger partial charge is 0.467 e. The van der Waals surface area contributed by atoms with Gasteiger partial charge in [-0.15, -0.1) is 0 Å². The van der Waals surface area contributed by atoms with Crippen molar-refractivity contribution in [1.82, 2.24) is 15.0 Å². The van der Waals surface area contributed by atoms with Gasteiger partial charge in [-0.3, -0.25) is 0 Å². The molecule has 0 spiro atoms. The predicted molar refractivity (Wildman–Crippen MR) is 73.1 cm³/mol. The quantitative estimate of drug-likeness (QED) is 0.901. The van der Waals surface area contributed by atoms with Gasteiger partial charge in [0.2, 0.25) is 11.9 Å². The summed E-state index contributed by atoms with van der Waals surface area (Å²) < 4.78 is 5.12. The van der Waals surface area contributed by atoms with Crippen molar-refractivity contribution in [3.63, 3.8) is 0 Å². The first-order valence-corrected chi connectivity index (χ1v) is 6.15. The standard InChI is InChI=1S/C13H15N5O/c1-14-11-15-12(17-13(16-11)19-2)18-8-7-9-5-3-4-6-10(9)18/h3-6H,7-8H2,1-2H3,(H,14,15,16,17). The molecule has 1 N–H and O–H groups in total. The van der Waals surface area contributed by atoms with Crippen molar-refractivity contribution >= 4 is 17.6 Å². The van der Waals surface area contributed by atoms with E-state index >= 15 is 0 Å². The number of anilines is 3. The number of benzene rings is 1. The van der Waals surface area contributed by atoms with Crippen LogP contribution in [0.5, 0.6) is 6.01 Å². The van der Waals surface area contributed by atoms with E-state index in [0.717, 1.165) is 18.7 Å². The van der Waals surface area contributed by atoms with E-state index in [-0.39, 0.29) is 0 Å². The van der Waals surface area contributed by atoms with Crippen molar-refractivity contribution in [2.45, 2.75) is 6.42 Å². The molecule has 0 fully saturated rings. The molecular formula is C13H15N5O. The third-order valence-corrected chi connectivity index (χ3v) is 3.14. The number of aromatic nitrogens is 3. The number of fused-ring (bicyclic) bond motifs is 1. The van der Waals surface area contributed by atoms with Crippen LogP contribution in [-0.4, -0.2) is 35.7 Å². The summed E-state index contributed by atoms with van der Waals surface area (Å²) in [5, 5.41) is 2.92. The zero-order valence-corrected chi connectivity index (χ0v) is 10.9. The highest BCUT2D eigenvalue weighted by atomic mass is 16.5. The van der Waals surface area contributed by atoms with Gasteiger partial charge in [0.25, 0.3) is 0 Å². The molecule has 0 bridgehead atoms. The first-order valence-electron chi connectivity index (χ1n) is 6.15. The minimum absolute atomic E-state index is 0.318. The SMILES string of the molecule is CNc1nc(OC)nc(N2CCc3ccccc32)n1. The molecule has 0 saturated carbocycles. The van der Waals surface area contributed by atoms with Crippen LogP contribution in [-0.2, 0) is 6.42 Å². The van der Waals surface area contributed by atoms with E-state index in [1.54, 1.807) is 14.2 Å². The Morgan fingerprint density at radius 2 is 2.05 bits per heavy atom. The van der Waals surface area contributed by atoms with Gasteiger partial charge in [0.15, 0.2) is 0 Å². The molecule has 1 aromatic heterocycles. The zero-order chi connectivity index (χ0) is 13.2. The van der Waals surface area contributed by atoms with E-state index in [4.69, 9.17) is 4.74 Å². The summed E-state index contributed by atoms with van der Waals surface area (Å²) >= 11 is 0. The van der Waals surface area contributed by atoms with Gasteiger partial charge in [0, 0.05) is 19.3 Å². The van der Waals surface area contributed by atoms with Gasteiger partial charge >= 0.3 is 6.01 Å². The molecule has 19 heavy (non-hydrogen) atoms. The molecule has 0 atom stereocenters. The second-order valence-corrected chi connectivity index (χ2v) is 4.23. The summed E-state index contributed by atoms with van der Waals surface area (Å²) in [6, 6.07) is 8.60. The Balaban J connectivity index is 2.04. The number of hydrogen-bond acceptors (Lipinski definition) is 6. The van der Waals surface area contributed by atoms with E-state index in [0.29, 0.717) is 17.9 Å². The monoisotopic (exact) mass is 257 g/mol. The number of para-hydroxylation sites is 1. The summed E-state index contributed by atoms with van der Waals surface area (Å²) in [6.07, 6.45) is 0.999.